The fraction of sp³-hybridized carbons (Fsp3) is 0.941. The molecule has 2 aliphatic rings. The summed E-state index contributed by atoms with van der Waals surface area (Å²) >= 11 is 0. The summed E-state index contributed by atoms with van der Waals surface area (Å²) in [4.78, 5) is 12.3. The van der Waals surface area contributed by atoms with Gasteiger partial charge in [0.05, 0.1) is 0 Å². The molecule has 0 aromatic carbocycles. The third-order valence-electron chi connectivity index (χ3n) is 5.43. The lowest BCUT2D eigenvalue weighted by molar-refractivity contribution is -0.126. The fourth-order valence-corrected chi connectivity index (χ4v) is 3.95. The highest BCUT2D eigenvalue weighted by molar-refractivity contribution is 5.78. The van der Waals surface area contributed by atoms with Crippen LogP contribution in [-0.2, 0) is 4.79 Å². The van der Waals surface area contributed by atoms with Crippen molar-refractivity contribution in [1.29, 1.82) is 0 Å². The number of carbonyl (C=O) groups excluding carboxylic acids is 1. The molecule has 0 bridgehead atoms. The van der Waals surface area contributed by atoms with E-state index in [0.29, 0.717) is 11.8 Å². The Hall–Kier alpha value is -0.570. The van der Waals surface area contributed by atoms with E-state index < -0.39 is 0 Å². The number of amides is 1. The highest BCUT2D eigenvalue weighted by Gasteiger charge is 2.27. The maximum absolute atomic E-state index is 12.3. The van der Waals surface area contributed by atoms with Crippen molar-refractivity contribution in [3.8, 4) is 0 Å². The minimum absolute atomic E-state index is 0.253. The first-order valence-electron chi connectivity index (χ1n) is 8.66. The van der Waals surface area contributed by atoms with Crippen LogP contribution in [0.1, 0.15) is 64.7 Å². The molecule has 0 aromatic rings. The summed E-state index contributed by atoms with van der Waals surface area (Å²) in [6, 6.07) is 0. The van der Waals surface area contributed by atoms with Crippen LogP contribution >= 0.6 is 0 Å². The topological polar surface area (TPSA) is 55.1 Å². The van der Waals surface area contributed by atoms with Crippen molar-refractivity contribution >= 4 is 5.91 Å². The van der Waals surface area contributed by atoms with E-state index in [-0.39, 0.29) is 5.92 Å². The lowest BCUT2D eigenvalue weighted by atomic mass is 9.79. The molecular formula is C17H32N2O. The summed E-state index contributed by atoms with van der Waals surface area (Å²) in [5.41, 5.74) is 5.65. The number of hydrogen-bond donors (Lipinski definition) is 2. The largest absolute Gasteiger partial charge is 0.356 e. The summed E-state index contributed by atoms with van der Waals surface area (Å²) < 4.78 is 0. The van der Waals surface area contributed by atoms with E-state index in [4.69, 9.17) is 5.73 Å². The average molecular weight is 280 g/mol. The van der Waals surface area contributed by atoms with Crippen molar-refractivity contribution in [3.63, 3.8) is 0 Å². The molecule has 2 aliphatic carbocycles. The highest BCUT2D eigenvalue weighted by Crippen LogP contribution is 2.31. The molecule has 2 fully saturated rings. The van der Waals surface area contributed by atoms with Crippen LogP contribution in [0.15, 0.2) is 0 Å². The Bertz CT molecular complexity index is 295. The van der Waals surface area contributed by atoms with Gasteiger partial charge in [-0.25, -0.2) is 0 Å². The smallest absolute Gasteiger partial charge is 0.223 e. The third kappa shape index (κ3) is 4.76. The van der Waals surface area contributed by atoms with Gasteiger partial charge in [0, 0.05) is 12.5 Å². The quantitative estimate of drug-likeness (QED) is 0.813. The Labute approximate surface area is 124 Å². The number of carbonyl (C=O) groups is 1. The van der Waals surface area contributed by atoms with E-state index in [2.05, 4.69) is 12.2 Å². The van der Waals surface area contributed by atoms with Crippen molar-refractivity contribution in [3.05, 3.63) is 0 Å². The molecule has 1 amide bonds. The van der Waals surface area contributed by atoms with E-state index >= 15 is 0 Å². The van der Waals surface area contributed by atoms with Gasteiger partial charge in [0.2, 0.25) is 5.91 Å². The van der Waals surface area contributed by atoms with Gasteiger partial charge in [-0.3, -0.25) is 4.79 Å². The van der Waals surface area contributed by atoms with E-state index in [1.807, 2.05) is 0 Å². The van der Waals surface area contributed by atoms with Gasteiger partial charge in [0.25, 0.3) is 0 Å². The second kappa shape index (κ2) is 8.02. The van der Waals surface area contributed by atoms with Gasteiger partial charge >= 0.3 is 0 Å². The summed E-state index contributed by atoms with van der Waals surface area (Å²) in [7, 11) is 0. The molecule has 20 heavy (non-hydrogen) atoms. The SMILES string of the molecule is CC1CCC(CNC(=O)C2CCCC(CCN)C2)CC1. The van der Waals surface area contributed by atoms with Crippen LogP contribution in [0, 0.1) is 23.7 Å². The van der Waals surface area contributed by atoms with Crippen LogP contribution in [0.4, 0.5) is 0 Å². The molecule has 2 rings (SSSR count). The van der Waals surface area contributed by atoms with Gasteiger partial charge in [-0.15, -0.1) is 0 Å². The number of nitrogens with two attached hydrogens (primary N) is 1. The fourth-order valence-electron chi connectivity index (χ4n) is 3.95. The Morgan fingerprint density at radius 3 is 2.55 bits per heavy atom. The van der Waals surface area contributed by atoms with Gasteiger partial charge in [0.15, 0.2) is 0 Å². The first-order chi connectivity index (χ1) is 9.69. The molecule has 0 aromatic heterocycles. The number of rotatable bonds is 5. The molecule has 3 nitrogen and oxygen atoms in total. The number of nitrogens with one attached hydrogen (secondary N) is 1. The molecule has 2 saturated carbocycles. The van der Waals surface area contributed by atoms with Crippen LogP contribution in [-0.4, -0.2) is 19.0 Å². The maximum atomic E-state index is 12.3. The molecule has 0 spiro atoms. The molecule has 0 radical (unpaired) electrons. The lowest BCUT2D eigenvalue weighted by Crippen LogP contribution is -2.37. The zero-order valence-corrected chi connectivity index (χ0v) is 13.1. The van der Waals surface area contributed by atoms with Crippen molar-refractivity contribution in [2.45, 2.75) is 64.7 Å². The predicted octanol–water partition coefficient (Wildman–Crippen LogP) is 3.08. The van der Waals surface area contributed by atoms with Crippen LogP contribution in [0.25, 0.3) is 0 Å². The normalized spacial score (nSPS) is 34.7. The van der Waals surface area contributed by atoms with Crippen molar-refractivity contribution in [2.75, 3.05) is 13.1 Å². The van der Waals surface area contributed by atoms with E-state index in [9.17, 15) is 4.79 Å². The summed E-state index contributed by atoms with van der Waals surface area (Å²) in [5, 5.41) is 3.23. The second-order valence-electron chi connectivity index (χ2n) is 7.18. The van der Waals surface area contributed by atoms with Crippen molar-refractivity contribution in [1.82, 2.24) is 5.32 Å². The first-order valence-corrected chi connectivity index (χ1v) is 8.66. The van der Waals surface area contributed by atoms with Gasteiger partial charge in [-0.05, 0) is 56.4 Å². The monoisotopic (exact) mass is 280 g/mol. The molecule has 0 saturated heterocycles. The molecule has 3 N–H and O–H groups in total. The van der Waals surface area contributed by atoms with Gasteiger partial charge in [0.1, 0.15) is 0 Å². The Balaban J connectivity index is 1.68. The third-order valence-corrected chi connectivity index (χ3v) is 5.43. The van der Waals surface area contributed by atoms with Gasteiger partial charge in [-0.2, -0.15) is 0 Å². The Morgan fingerprint density at radius 1 is 1.10 bits per heavy atom. The van der Waals surface area contributed by atoms with Crippen molar-refractivity contribution in [2.24, 2.45) is 29.4 Å². The lowest BCUT2D eigenvalue weighted by Gasteiger charge is -2.30. The van der Waals surface area contributed by atoms with E-state index in [0.717, 1.165) is 44.2 Å². The van der Waals surface area contributed by atoms with Crippen LogP contribution in [0.5, 0.6) is 0 Å². The summed E-state index contributed by atoms with van der Waals surface area (Å²) in [5.74, 6) is 2.85. The zero-order valence-electron chi connectivity index (χ0n) is 13.1. The second-order valence-corrected chi connectivity index (χ2v) is 7.18. The zero-order chi connectivity index (χ0) is 14.4. The highest BCUT2D eigenvalue weighted by atomic mass is 16.1. The molecule has 3 heteroatoms. The summed E-state index contributed by atoms with van der Waals surface area (Å²) in [6.45, 7) is 4.01. The number of hydrogen-bond acceptors (Lipinski definition) is 2. The van der Waals surface area contributed by atoms with Gasteiger partial charge in [-0.1, -0.05) is 32.6 Å². The molecule has 2 unspecified atom stereocenters. The predicted molar refractivity (Wildman–Crippen MR) is 83.3 cm³/mol. The Morgan fingerprint density at radius 2 is 1.85 bits per heavy atom. The van der Waals surface area contributed by atoms with Gasteiger partial charge < -0.3 is 11.1 Å². The average Bonchev–Trinajstić information content (AvgIpc) is 2.47. The van der Waals surface area contributed by atoms with E-state index in [1.54, 1.807) is 0 Å². The minimum Gasteiger partial charge on any atom is -0.356 e. The molecule has 116 valence electrons. The summed E-state index contributed by atoms with van der Waals surface area (Å²) in [6.07, 6.45) is 10.9. The first kappa shape index (κ1) is 15.8. The van der Waals surface area contributed by atoms with Crippen LogP contribution in [0.2, 0.25) is 0 Å². The molecule has 2 atom stereocenters. The maximum Gasteiger partial charge on any atom is 0.223 e. The van der Waals surface area contributed by atoms with E-state index in [1.165, 1.54) is 38.5 Å². The molecule has 0 heterocycles. The molecular weight excluding hydrogens is 248 g/mol. The van der Waals surface area contributed by atoms with Crippen molar-refractivity contribution < 1.29 is 4.79 Å². The molecule has 0 aliphatic heterocycles. The van der Waals surface area contributed by atoms with Crippen LogP contribution < -0.4 is 11.1 Å². The minimum atomic E-state index is 0.253. The van der Waals surface area contributed by atoms with Crippen LogP contribution in [0.3, 0.4) is 0 Å². The Kier molecular flexibility index (Phi) is 6.34. The standard InChI is InChI=1S/C17H32N2O/c1-13-5-7-15(8-6-13)12-19-17(20)16-4-2-3-14(11-16)9-10-18/h13-16H,2-12,18H2,1H3,(H,19,20).